The minimum Gasteiger partial charge on any atom is -0.508 e. The Morgan fingerprint density at radius 1 is 0.947 bits per heavy atom. The first-order valence-corrected chi connectivity index (χ1v) is 13.7. The van der Waals surface area contributed by atoms with Gasteiger partial charge in [0.1, 0.15) is 23.5 Å². The summed E-state index contributed by atoms with van der Waals surface area (Å²) in [5, 5.41) is 10.3. The van der Waals surface area contributed by atoms with E-state index in [-0.39, 0.29) is 41.7 Å². The third kappa shape index (κ3) is 6.72. The van der Waals surface area contributed by atoms with Crippen LogP contribution in [0.3, 0.4) is 0 Å². The number of amides is 3. The van der Waals surface area contributed by atoms with Gasteiger partial charge < -0.3 is 24.4 Å². The highest BCUT2D eigenvalue weighted by Gasteiger charge is 2.49. The number of para-hydroxylation sites is 1. The molecule has 3 amide bonds. The van der Waals surface area contributed by atoms with Crippen LogP contribution in [0.25, 0.3) is 0 Å². The van der Waals surface area contributed by atoms with Crippen LogP contribution in [0.1, 0.15) is 78.7 Å². The van der Waals surface area contributed by atoms with E-state index in [4.69, 9.17) is 9.47 Å². The molecule has 3 aliphatic rings. The lowest BCUT2D eigenvalue weighted by molar-refractivity contribution is -0.134. The molecule has 9 nitrogen and oxygen atoms in total. The van der Waals surface area contributed by atoms with Crippen LogP contribution in [0.2, 0.25) is 0 Å². The minimum absolute atomic E-state index is 0.00492. The molecule has 0 radical (unpaired) electrons. The number of likely N-dealkylation sites (tertiary alicyclic amines) is 2. The Hall–Kier alpha value is -2.97. The molecule has 0 bridgehead atoms. The zero-order chi connectivity index (χ0) is 27.9. The van der Waals surface area contributed by atoms with Crippen molar-refractivity contribution in [3.05, 3.63) is 29.8 Å². The van der Waals surface area contributed by atoms with Gasteiger partial charge in [-0.05, 0) is 84.3 Å². The fourth-order valence-corrected chi connectivity index (χ4v) is 5.60. The summed E-state index contributed by atoms with van der Waals surface area (Å²) in [6.07, 6.45) is 2.43. The number of ether oxygens (including phenoxy) is 2. The second-order valence-corrected chi connectivity index (χ2v) is 13.1. The van der Waals surface area contributed by atoms with E-state index in [1.54, 1.807) is 17.0 Å². The molecule has 9 heteroatoms. The third-order valence-electron chi connectivity index (χ3n) is 7.69. The lowest BCUT2D eigenvalue weighted by atomic mass is 9.78. The fraction of sp³-hybridized carbons (Fsp3) is 0.690. The van der Waals surface area contributed by atoms with Gasteiger partial charge in [0.25, 0.3) is 0 Å². The highest BCUT2D eigenvalue weighted by atomic mass is 16.6. The van der Waals surface area contributed by atoms with E-state index in [1.807, 2.05) is 58.6 Å². The van der Waals surface area contributed by atoms with Gasteiger partial charge in [-0.2, -0.15) is 0 Å². The SMILES string of the molecule is CC(C)(C)OC(=O)N1CCC2(CCN(C(=O)CN(C(=O)OC(C)(C)C)[C@@H]3C[C@H]3c3ccccc3O)CC2)C1. The maximum atomic E-state index is 13.4. The maximum Gasteiger partial charge on any atom is 0.411 e. The topological polar surface area (TPSA) is 99.6 Å². The lowest BCUT2D eigenvalue weighted by Crippen LogP contribution is -2.50. The summed E-state index contributed by atoms with van der Waals surface area (Å²) in [6.45, 7) is 13.5. The highest BCUT2D eigenvalue weighted by Crippen LogP contribution is 2.48. The molecule has 2 heterocycles. The van der Waals surface area contributed by atoms with Crippen LogP contribution in [-0.2, 0) is 14.3 Å². The monoisotopic (exact) mass is 529 g/mol. The molecular formula is C29H43N3O6. The van der Waals surface area contributed by atoms with Crippen LogP contribution < -0.4 is 0 Å². The molecule has 2 saturated heterocycles. The van der Waals surface area contributed by atoms with Crippen LogP contribution in [-0.4, -0.2) is 87.9 Å². The summed E-state index contributed by atoms with van der Waals surface area (Å²) >= 11 is 0. The Morgan fingerprint density at radius 3 is 2.11 bits per heavy atom. The summed E-state index contributed by atoms with van der Waals surface area (Å²) in [6, 6.07) is 6.94. The molecule has 2 aliphatic heterocycles. The van der Waals surface area contributed by atoms with E-state index in [0.29, 0.717) is 32.6 Å². The van der Waals surface area contributed by atoms with E-state index in [2.05, 4.69) is 0 Å². The molecule has 38 heavy (non-hydrogen) atoms. The highest BCUT2D eigenvalue weighted by molar-refractivity contribution is 5.83. The van der Waals surface area contributed by atoms with Gasteiger partial charge >= 0.3 is 12.2 Å². The van der Waals surface area contributed by atoms with Crippen molar-refractivity contribution < 1.29 is 29.0 Å². The van der Waals surface area contributed by atoms with Crippen LogP contribution in [0.15, 0.2) is 24.3 Å². The van der Waals surface area contributed by atoms with Crippen molar-refractivity contribution >= 4 is 18.1 Å². The molecule has 0 aromatic heterocycles. The average molecular weight is 530 g/mol. The number of phenolic OH excluding ortho intramolecular Hbond substituents is 1. The Balaban J connectivity index is 1.37. The van der Waals surface area contributed by atoms with Gasteiger partial charge in [-0.15, -0.1) is 0 Å². The molecule has 2 atom stereocenters. The fourth-order valence-electron chi connectivity index (χ4n) is 5.60. The van der Waals surface area contributed by atoms with E-state index in [1.165, 1.54) is 4.90 Å². The van der Waals surface area contributed by atoms with Gasteiger partial charge in [-0.3, -0.25) is 9.69 Å². The molecule has 1 spiro atoms. The zero-order valence-corrected chi connectivity index (χ0v) is 23.7. The second kappa shape index (κ2) is 10.3. The molecule has 1 aromatic rings. The van der Waals surface area contributed by atoms with Gasteiger partial charge in [0.15, 0.2) is 0 Å². The molecule has 4 rings (SSSR count). The van der Waals surface area contributed by atoms with E-state index >= 15 is 0 Å². The molecule has 210 valence electrons. The number of piperidine rings is 1. The Bertz CT molecular complexity index is 1050. The molecule has 0 unspecified atom stereocenters. The first-order valence-electron chi connectivity index (χ1n) is 13.7. The number of carbonyl (C=O) groups is 3. The van der Waals surface area contributed by atoms with Crippen molar-refractivity contribution in [1.29, 1.82) is 0 Å². The van der Waals surface area contributed by atoms with Crippen molar-refractivity contribution in [2.24, 2.45) is 5.41 Å². The first-order chi connectivity index (χ1) is 17.7. The van der Waals surface area contributed by atoms with Gasteiger partial charge in [0, 0.05) is 38.1 Å². The average Bonchev–Trinajstić information content (AvgIpc) is 3.48. The number of hydrogen-bond acceptors (Lipinski definition) is 6. The predicted octanol–water partition coefficient (Wildman–Crippen LogP) is 4.73. The summed E-state index contributed by atoms with van der Waals surface area (Å²) < 4.78 is 11.2. The number of phenols is 1. The number of benzene rings is 1. The van der Waals surface area contributed by atoms with Gasteiger partial charge in [0.05, 0.1) is 0 Å². The largest absolute Gasteiger partial charge is 0.508 e. The number of nitrogens with zero attached hydrogens (tertiary/aromatic N) is 3. The Kier molecular flexibility index (Phi) is 7.60. The van der Waals surface area contributed by atoms with Gasteiger partial charge in [0.2, 0.25) is 5.91 Å². The van der Waals surface area contributed by atoms with Gasteiger partial charge in [-0.25, -0.2) is 9.59 Å². The maximum absolute atomic E-state index is 13.4. The standard InChI is InChI=1S/C29H43N3O6/c1-27(2,3)37-25(35)31-16-13-29(19-31)11-14-30(15-12-29)24(34)18-32(26(36)38-28(4,5)6)22-17-21(22)20-9-7-8-10-23(20)33/h7-10,21-22,33H,11-19H2,1-6H3/t21-,22+/m0/s1. The van der Waals surface area contributed by atoms with Crippen molar-refractivity contribution in [2.45, 2.75) is 90.4 Å². The third-order valence-corrected chi connectivity index (χ3v) is 7.69. The summed E-state index contributed by atoms with van der Waals surface area (Å²) in [7, 11) is 0. The smallest absolute Gasteiger partial charge is 0.411 e. The lowest BCUT2D eigenvalue weighted by Gasteiger charge is -2.40. The first kappa shape index (κ1) is 28.0. The molecule has 1 aromatic carbocycles. The number of hydrogen-bond donors (Lipinski definition) is 1. The minimum atomic E-state index is -0.683. The van der Waals surface area contributed by atoms with Crippen LogP contribution in [0.4, 0.5) is 9.59 Å². The van der Waals surface area contributed by atoms with Crippen molar-refractivity contribution in [3.63, 3.8) is 0 Å². The molecular weight excluding hydrogens is 486 g/mol. The second-order valence-electron chi connectivity index (χ2n) is 13.1. The van der Waals surface area contributed by atoms with Crippen LogP contribution in [0, 0.1) is 5.41 Å². The summed E-state index contributed by atoms with van der Waals surface area (Å²) in [5.41, 5.74) is -0.417. The van der Waals surface area contributed by atoms with Gasteiger partial charge in [-0.1, -0.05) is 18.2 Å². The number of carbonyl (C=O) groups excluding carboxylic acids is 3. The Morgan fingerprint density at radius 2 is 1.53 bits per heavy atom. The molecule has 1 aliphatic carbocycles. The van der Waals surface area contributed by atoms with Crippen molar-refractivity contribution in [2.75, 3.05) is 32.7 Å². The molecule has 3 fully saturated rings. The van der Waals surface area contributed by atoms with E-state index in [0.717, 1.165) is 24.8 Å². The van der Waals surface area contributed by atoms with E-state index < -0.39 is 17.3 Å². The number of rotatable bonds is 4. The quantitative estimate of drug-likeness (QED) is 0.605. The van der Waals surface area contributed by atoms with Crippen LogP contribution in [0.5, 0.6) is 5.75 Å². The molecule has 1 saturated carbocycles. The predicted molar refractivity (Wildman–Crippen MR) is 143 cm³/mol. The zero-order valence-electron chi connectivity index (χ0n) is 23.7. The summed E-state index contributed by atoms with van der Waals surface area (Å²) in [4.78, 5) is 44.2. The number of aromatic hydroxyl groups is 1. The van der Waals surface area contributed by atoms with Crippen molar-refractivity contribution in [1.82, 2.24) is 14.7 Å². The summed E-state index contributed by atoms with van der Waals surface area (Å²) in [5.74, 6) is 0.0721. The van der Waals surface area contributed by atoms with Crippen molar-refractivity contribution in [3.8, 4) is 5.75 Å². The molecule has 1 N–H and O–H groups in total. The Labute approximate surface area is 226 Å². The van der Waals surface area contributed by atoms with Crippen LogP contribution >= 0.6 is 0 Å². The normalized spacial score (nSPS) is 22.8. The van der Waals surface area contributed by atoms with E-state index in [9.17, 15) is 19.5 Å².